The molecule has 0 fully saturated rings. The average Bonchev–Trinajstić information content (AvgIpc) is 2.64. The Labute approximate surface area is 101 Å². The SMILES string of the molecule is CC(C)C(C(N)=O)=C(c1ccsc1)C(C)C. The van der Waals surface area contributed by atoms with Gasteiger partial charge in [0, 0.05) is 5.57 Å². The van der Waals surface area contributed by atoms with E-state index in [-0.39, 0.29) is 11.8 Å². The molecule has 1 amide bonds. The highest BCUT2D eigenvalue weighted by Crippen LogP contribution is 2.31. The Balaban J connectivity index is 3.38. The number of primary amides is 1. The second-order valence-electron chi connectivity index (χ2n) is 4.51. The molecule has 0 saturated heterocycles. The molecule has 88 valence electrons. The lowest BCUT2D eigenvalue weighted by Crippen LogP contribution is -2.20. The Kier molecular flexibility index (Phi) is 4.30. The van der Waals surface area contributed by atoms with Crippen LogP contribution in [0.25, 0.3) is 5.57 Å². The fourth-order valence-electron chi connectivity index (χ4n) is 1.95. The van der Waals surface area contributed by atoms with Crippen LogP contribution in [0, 0.1) is 11.8 Å². The zero-order valence-corrected chi connectivity index (χ0v) is 11.1. The zero-order valence-electron chi connectivity index (χ0n) is 10.3. The minimum absolute atomic E-state index is 0.162. The first-order valence-electron chi connectivity index (χ1n) is 5.51. The fraction of sp³-hybridized carbons (Fsp3) is 0.462. The minimum atomic E-state index is -0.301. The first-order valence-corrected chi connectivity index (χ1v) is 6.45. The molecule has 1 heterocycles. The third-order valence-corrected chi connectivity index (χ3v) is 3.23. The third kappa shape index (κ3) is 2.73. The van der Waals surface area contributed by atoms with E-state index in [9.17, 15) is 4.79 Å². The van der Waals surface area contributed by atoms with Crippen LogP contribution >= 0.6 is 11.3 Å². The third-order valence-electron chi connectivity index (χ3n) is 2.54. The van der Waals surface area contributed by atoms with Crippen LogP contribution < -0.4 is 5.73 Å². The lowest BCUT2D eigenvalue weighted by Gasteiger charge is -2.18. The van der Waals surface area contributed by atoms with Gasteiger partial charge in [0.15, 0.2) is 0 Å². The van der Waals surface area contributed by atoms with E-state index in [1.807, 2.05) is 25.3 Å². The number of rotatable bonds is 4. The molecular weight excluding hydrogens is 218 g/mol. The molecular formula is C13H19NOS. The van der Waals surface area contributed by atoms with E-state index >= 15 is 0 Å². The van der Waals surface area contributed by atoms with Gasteiger partial charge in [-0.25, -0.2) is 0 Å². The normalized spacial score (nSPS) is 13.1. The summed E-state index contributed by atoms with van der Waals surface area (Å²) in [6, 6.07) is 2.05. The smallest absolute Gasteiger partial charge is 0.245 e. The van der Waals surface area contributed by atoms with Crippen LogP contribution in [-0.2, 0) is 4.79 Å². The lowest BCUT2D eigenvalue weighted by atomic mass is 9.87. The number of hydrogen-bond acceptors (Lipinski definition) is 2. The minimum Gasteiger partial charge on any atom is -0.366 e. The van der Waals surface area contributed by atoms with Gasteiger partial charge >= 0.3 is 0 Å². The summed E-state index contributed by atoms with van der Waals surface area (Å²) >= 11 is 1.64. The molecule has 0 aliphatic heterocycles. The van der Waals surface area contributed by atoms with Gasteiger partial charge in [0.1, 0.15) is 0 Å². The van der Waals surface area contributed by atoms with Crippen molar-refractivity contribution in [3.63, 3.8) is 0 Å². The van der Waals surface area contributed by atoms with Crippen molar-refractivity contribution in [1.82, 2.24) is 0 Å². The second kappa shape index (κ2) is 5.30. The van der Waals surface area contributed by atoms with E-state index in [4.69, 9.17) is 5.73 Å². The molecule has 0 aromatic carbocycles. The maximum atomic E-state index is 11.5. The van der Waals surface area contributed by atoms with Crippen molar-refractivity contribution in [2.75, 3.05) is 0 Å². The number of allylic oxidation sites excluding steroid dienone is 1. The molecule has 0 radical (unpaired) electrons. The van der Waals surface area contributed by atoms with Crippen molar-refractivity contribution >= 4 is 22.8 Å². The van der Waals surface area contributed by atoms with E-state index in [1.54, 1.807) is 11.3 Å². The van der Waals surface area contributed by atoms with E-state index in [1.165, 1.54) is 0 Å². The maximum absolute atomic E-state index is 11.5. The van der Waals surface area contributed by atoms with Gasteiger partial charge in [-0.2, -0.15) is 11.3 Å². The van der Waals surface area contributed by atoms with Crippen LogP contribution in [-0.4, -0.2) is 5.91 Å². The van der Waals surface area contributed by atoms with Crippen molar-refractivity contribution in [3.8, 4) is 0 Å². The lowest BCUT2D eigenvalue weighted by molar-refractivity contribution is -0.114. The van der Waals surface area contributed by atoms with E-state index in [0.717, 1.165) is 16.7 Å². The molecule has 1 rings (SSSR count). The Morgan fingerprint density at radius 3 is 2.19 bits per heavy atom. The van der Waals surface area contributed by atoms with Crippen LogP contribution in [0.1, 0.15) is 33.3 Å². The van der Waals surface area contributed by atoms with Crippen molar-refractivity contribution in [3.05, 3.63) is 28.0 Å². The predicted octanol–water partition coefficient (Wildman–Crippen LogP) is 3.30. The van der Waals surface area contributed by atoms with E-state index in [2.05, 4.69) is 19.2 Å². The first-order chi connectivity index (χ1) is 7.45. The molecule has 1 aromatic heterocycles. The van der Waals surface area contributed by atoms with Crippen LogP contribution in [0.2, 0.25) is 0 Å². The monoisotopic (exact) mass is 237 g/mol. The van der Waals surface area contributed by atoms with Crippen LogP contribution in [0.15, 0.2) is 22.4 Å². The molecule has 1 aromatic rings. The highest BCUT2D eigenvalue weighted by atomic mass is 32.1. The standard InChI is InChI=1S/C13H19NOS/c1-8(2)11(10-5-6-16-7-10)12(9(3)4)13(14)15/h5-9H,1-4H3,(H2,14,15). The summed E-state index contributed by atoms with van der Waals surface area (Å²) in [6.07, 6.45) is 0. The molecule has 16 heavy (non-hydrogen) atoms. The largest absolute Gasteiger partial charge is 0.366 e. The van der Waals surface area contributed by atoms with Crippen molar-refractivity contribution in [2.45, 2.75) is 27.7 Å². The Hall–Kier alpha value is -1.09. The molecule has 0 saturated carbocycles. The summed E-state index contributed by atoms with van der Waals surface area (Å²) in [7, 11) is 0. The van der Waals surface area contributed by atoms with Crippen LogP contribution in [0.4, 0.5) is 0 Å². The molecule has 3 heteroatoms. The van der Waals surface area contributed by atoms with Crippen molar-refractivity contribution < 1.29 is 4.79 Å². The van der Waals surface area contributed by atoms with Crippen LogP contribution in [0.3, 0.4) is 0 Å². The van der Waals surface area contributed by atoms with Gasteiger partial charge in [-0.15, -0.1) is 0 Å². The topological polar surface area (TPSA) is 43.1 Å². The molecule has 2 N–H and O–H groups in total. The highest BCUT2D eigenvalue weighted by Gasteiger charge is 2.20. The number of carbonyl (C=O) groups is 1. The number of nitrogens with two attached hydrogens (primary N) is 1. The Morgan fingerprint density at radius 2 is 1.88 bits per heavy atom. The van der Waals surface area contributed by atoms with Crippen LogP contribution in [0.5, 0.6) is 0 Å². The number of amides is 1. The van der Waals surface area contributed by atoms with Gasteiger partial charge in [0.25, 0.3) is 0 Å². The molecule has 0 atom stereocenters. The average molecular weight is 237 g/mol. The van der Waals surface area contributed by atoms with Crippen molar-refractivity contribution in [1.29, 1.82) is 0 Å². The predicted molar refractivity (Wildman–Crippen MR) is 70.1 cm³/mol. The van der Waals surface area contributed by atoms with Crippen molar-refractivity contribution in [2.24, 2.45) is 17.6 Å². The van der Waals surface area contributed by atoms with Gasteiger partial charge in [-0.3, -0.25) is 4.79 Å². The molecule has 0 aliphatic carbocycles. The molecule has 0 unspecified atom stereocenters. The summed E-state index contributed by atoms with van der Waals surface area (Å²) in [5.41, 5.74) is 8.46. The van der Waals surface area contributed by atoms with Gasteiger partial charge in [-0.1, -0.05) is 27.7 Å². The second-order valence-corrected chi connectivity index (χ2v) is 5.29. The molecule has 0 spiro atoms. The fourth-order valence-corrected chi connectivity index (χ4v) is 2.60. The highest BCUT2D eigenvalue weighted by molar-refractivity contribution is 7.08. The summed E-state index contributed by atoms with van der Waals surface area (Å²) < 4.78 is 0. The maximum Gasteiger partial charge on any atom is 0.245 e. The zero-order chi connectivity index (χ0) is 12.3. The first kappa shape index (κ1) is 13.0. The van der Waals surface area contributed by atoms with Gasteiger partial charge in [0.2, 0.25) is 5.91 Å². The Morgan fingerprint density at radius 1 is 1.25 bits per heavy atom. The molecule has 0 aliphatic rings. The van der Waals surface area contributed by atoms with Gasteiger partial charge in [0.05, 0.1) is 0 Å². The summed E-state index contributed by atoms with van der Waals surface area (Å²) in [5.74, 6) is 0.166. The van der Waals surface area contributed by atoms with Gasteiger partial charge < -0.3 is 5.73 Å². The quantitative estimate of drug-likeness (QED) is 0.802. The number of thiophene rings is 1. The Bertz CT molecular complexity index is 388. The van der Waals surface area contributed by atoms with E-state index in [0.29, 0.717) is 5.92 Å². The van der Waals surface area contributed by atoms with Gasteiger partial charge in [-0.05, 0) is 39.8 Å². The summed E-state index contributed by atoms with van der Waals surface area (Å²) in [5, 5.41) is 4.09. The molecule has 2 nitrogen and oxygen atoms in total. The number of hydrogen-bond donors (Lipinski definition) is 1. The molecule has 0 bridgehead atoms. The summed E-state index contributed by atoms with van der Waals surface area (Å²) in [6.45, 7) is 8.21. The number of carbonyl (C=O) groups excluding carboxylic acids is 1. The summed E-state index contributed by atoms with van der Waals surface area (Å²) in [4.78, 5) is 11.5. The van der Waals surface area contributed by atoms with E-state index < -0.39 is 0 Å².